The number of rotatable bonds is 7. The first-order valence-electron chi connectivity index (χ1n) is 12.7. The van der Waals surface area contributed by atoms with E-state index in [4.69, 9.17) is 5.41 Å². The summed E-state index contributed by atoms with van der Waals surface area (Å²) >= 11 is 1.43. The monoisotopic (exact) mass is 544 g/mol. The zero-order valence-corrected chi connectivity index (χ0v) is 23.4. The lowest BCUT2D eigenvalue weighted by molar-refractivity contribution is 0.0331. The molecule has 0 saturated carbocycles. The maximum absolute atomic E-state index is 13.3. The number of nitrogens with zero attached hydrogens (tertiary/aromatic N) is 4. The highest BCUT2D eigenvalue weighted by Crippen LogP contribution is 2.35. The number of carbonyl (C=O) groups is 2. The summed E-state index contributed by atoms with van der Waals surface area (Å²) in [5.74, 6) is -0.546. The van der Waals surface area contributed by atoms with Gasteiger partial charge in [0, 0.05) is 61.1 Å². The van der Waals surface area contributed by atoms with E-state index in [1.807, 2.05) is 31.4 Å². The van der Waals surface area contributed by atoms with Crippen LogP contribution >= 0.6 is 11.3 Å². The van der Waals surface area contributed by atoms with Crippen molar-refractivity contribution in [2.24, 2.45) is 0 Å². The maximum atomic E-state index is 13.3. The number of amides is 2. The molecule has 11 heteroatoms. The molecular formula is C28H32N8O2S. The topological polar surface area (TPSA) is 128 Å². The first-order valence-corrected chi connectivity index (χ1v) is 13.5. The Morgan fingerprint density at radius 1 is 1.15 bits per heavy atom. The van der Waals surface area contributed by atoms with Crippen LogP contribution in [0, 0.1) is 12.3 Å². The average molecular weight is 545 g/mol. The van der Waals surface area contributed by atoms with Gasteiger partial charge in [-0.15, -0.1) is 11.3 Å². The van der Waals surface area contributed by atoms with Gasteiger partial charge in [0.25, 0.3) is 11.8 Å². The normalized spacial score (nSPS) is 14.2. The van der Waals surface area contributed by atoms with Gasteiger partial charge in [-0.3, -0.25) is 19.5 Å². The highest BCUT2D eigenvalue weighted by Gasteiger charge is 2.35. The molecule has 0 radical (unpaired) electrons. The number of thiazole rings is 1. The van der Waals surface area contributed by atoms with E-state index in [0.29, 0.717) is 27.3 Å². The second-order valence-electron chi connectivity index (χ2n) is 10.6. The number of anilines is 2. The summed E-state index contributed by atoms with van der Waals surface area (Å²) in [6, 6.07) is 7.54. The quantitative estimate of drug-likeness (QED) is 0.257. The number of fused-ring (bicyclic) bond motifs is 1. The van der Waals surface area contributed by atoms with Crippen molar-refractivity contribution in [1.29, 1.82) is 5.41 Å². The zero-order valence-electron chi connectivity index (χ0n) is 22.6. The lowest BCUT2D eigenvalue weighted by Crippen LogP contribution is -2.64. The molecule has 0 bridgehead atoms. The van der Waals surface area contributed by atoms with Crippen molar-refractivity contribution in [2.45, 2.75) is 39.3 Å². The molecule has 39 heavy (non-hydrogen) atoms. The van der Waals surface area contributed by atoms with Gasteiger partial charge in [0.2, 0.25) is 0 Å². The number of aryl methyl sites for hydroxylation is 1. The van der Waals surface area contributed by atoms with Gasteiger partial charge >= 0.3 is 0 Å². The fourth-order valence-corrected chi connectivity index (χ4v) is 5.68. The van der Waals surface area contributed by atoms with Gasteiger partial charge < -0.3 is 21.4 Å². The molecule has 1 aliphatic heterocycles. The summed E-state index contributed by atoms with van der Waals surface area (Å²) in [4.78, 5) is 34.4. The molecule has 4 N–H and O–H groups in total. The van der Waals surface area contributed by atoms with Gasteiger partial charge in [0.15, 0.2) is 0 Å². The molecule has 0 atom stereocenters. The van der Waals surface area contributed by atoms with E-state index in [1.165, 1.54) is 29.9 Å². The van der Waals surface area contributed by atoms with Crippen LogP contribution in [0.1, 0.15) is 52.7 Å². The highest BCUT2D eigenvalue weighted by molar-refractivity contribution is 7.21. The lowest BCUT2D eigenvalue weighted by atomic mass is 9.97. The Morgan fingerprint density at radius 2 is 1.92 bits per heavy atom. The molecule has 4 heterocycles. The van der Waals surface area contributed by atoms with Crippen molar-refractivity contribution in [3.63, 3.8) is 0 Å². The number of hydrogen-bond donors (Lipinski definition) is 4. The number of nitrogens with one attached hydrogen (secondary N) is 4. The van der Waals surface area contributed by atoms with Crippen molar-refractivity contribution in [2.75, 3.05) is 30.8 Å². The third-order valence-corrected chi connectivity index (χ3v) is 8.13. The average Bonchev–Trinajstić information content (AvgIpc) is 3.46. The Kier molecular flexibility index (Phi) is 6.96. The summed E-state index contributed by atoms with van der Waals surface area (Å²) in [6.07, 6.45) is 6.24. The van der Waals surface area contributed by atoms with E-state index in [1.54, 1.807) is 17.5 Å². The standard InChI is InChI=1S/C28H32N8O2S/c1-16-23(9-17(11-31-16)25(37)33-18-13-35(14-18)28(2,3)4)34-26(38)21-12-32-36-15-24(39-27(21)36)19-7-6-8-22(30-5)20(19)10-29/h6-12,15,18,29-30H,13-14H2,1-5H3,(H,33,37)(H,34,38). The number of carbonyl (C=O) groups excluding carboxylic acids is 2. The van der Waals surface area contributed by atoms with E-state index in [0.717, 1.165) is 34.8 Å². The van der Waals surface area contributed by atoms with Gasteiger partial charge in [-0.25, -0.2) is 4.52 Å². The number of likely N-dealkylation sites (tertiary alicyclic amines) is 1. The molecule has 1 saturated heterocycles. The van der Waals surface area contributed by atoms with Crippen molar-refractivity contribution >= 4 is 45.6 Å². The largest absolute Gasteiger partial charge is 0.388 e. The van der Waals surface area contributed by atoms with Crippen molar-refractivity contribution < 1.29 is 9.59 Å². The number of aromatic nitrogens is 3. The first kappa shape index (κ1) is 26.5. The van der Waals surface area contributed by atoms with E-state index < -0.39 is 0 Å². The molecule has 1 fully saturated rings. The molecule has 0 spiro atoms. The minimum Gasteiger partial charge on any atom is -0.388 e. The van der Waals surface area contributed by atoms with Crippen LogP contribution in [0.4, 0.5) is 11.4 Å². The molecular weight excluding hydrogens is 512 g/mol. The molecule has 1 aromatic carbocycles. The van der Waals surface area contributed by atoms with E-state index >= 15 is 0 Å². The second kappa shape index (κ2) is 10.2. The van der Waals surface area contributed by atoms with Crippen molar-refractivity contribution in [3.05, 3.63) is 65.2 Å². The van der Waals surface area contributed by atoms with Gasteiger partial charge in [-0.05, 0) is 39.8 Å². The van der Waals surface area contributed by atoms with Gasteiger partial charge in [0.05, 0.1) is 39.6 Å². The second-order valence-corrected chi connectivity index (χ2v) is 11.7. The van der Waals surface area contributed by atoms with Crippen LogP contribution in [0.3, 0.4) is 0 Å². The third kappa shape index (κ3) is 5.15. The van der Waals surface area contributed by atoms with Crippen LogP contribution in [0.25, 0.3) is 15.3 Å². The minimum absolute atomic E-state index is 0.0753. The summed E-state index contributed by atoms with van der Waals surface area (Å²) in [5.41, 5.74) is 4.47. The van der Waals surface area contributed by atoms with Crippen molar-refractivity contribution in [1.82, 2.24) is 24.8 Å². The van der Waals surface area contributed by atoms with Crippen LogP contribution in [0.15, 0.2) is 42.9 Å². The number of hydrogen-bond acceptors (Lipinski definition) is 8. The maximum Gasteiger partial charge on any atom is 0.260 e. The fourth-order valence-electron chi connectivity index (χ4n) is 4.58. The Bertz CT molecular complexity index is 1580. The fraction of sp³-hybridized carbons (Fsp3) is 0.321. The SMILES string of the molecule is CNc1cccc(-c2cn3ncc(C(=O)Nc4cc(C(=O)NC5CN(C(C)(C)C)C5)cnc4C)c3s2)c1C=N. The Hall–Kier alpha value is -4.09. The van der Waals surface area contributed by atoms with E-state index in [-0.39, 0.29) is 23.4 Å². The van der Waals surface area contributed by atoms with Gasteiger partial charge in [0.1, 0.15) is 4.83 Å². The van der Waals surface area contributed by atoms with Gasteiger partial charge in [-0.2, -0.15) is 5.10 Å². The molecule has 0 aliphatic carbocycles. The van der Waals surface area contributed by atoms with Crippen molar-refractivity contribution in [3.8, 4) is 10.4 Å². The summed E-state index contributed by atoms with van der Waals surface area (Å²) in [6.45, 7) is 9.87. The van der Waals surface area contributed by atoms with Crippen LogP contribution in [0.5, 0.6) is 0 Å². The molecule has 202 valence electrons. The molecule has 0 unspecified atom stereocenters. The molecule has 1 aliphatic rings. The lowest BCUT2D eigenvalue weighted by Gasteiger charge is -2.47. The molecule has 10 nitrogen and oxygen atoms in total. The summed E-state index contributed by atoms with van der Waals surface area (Å²) in [7, 11) is 1.82. The molecule has 4 aromatic rings. The smallest absolute Gasteiger partial charge is 0.260 e. The summed E-state index contributed by atoms with van der Waals surface area (Å²) in [5, 5.41) is 21.3. The molecule has 2 amide bonds. The highest BCUT2D eigenvalue weighted by atomic mass is 32.1. The Labute approximate surface area is 231 Å². The minimum atomic E-state index is -0.336. The predicted molar refractivity (Wildman–Crippen MR) is 155 cm³/mol. The Balaban J connectivity index is 1.34. The van der Waals surface area contributed by atoms with Gasteiger partial charge in [-0.1, -0.05) is 12.1 Å². The number of pyridine rings is 1. The first-order chi connectivity index (χ1) is 18.6. The Morgan fingerprint density at radius 3 is 2.62 bits per heavy atom. The third-order valence-electron chi connectivity index (χ3n) is 6.99. The van der Waals surface area contributed by atoms with Crippen LogP contribution in [-0.2, 0) is 0 Å². The predicted octanol–water partition coefficient (Wildman–Crippen LogP) is 4.27. The number of benzene rings is 1. The van der Waals surface area contributed by atoms with E-state index in [9.17, 15) is 9.59 Å². The van der Waals surface area contributed by atoms with Crippen LogP contribution < -0.4 is 16.0 Å². The molecule has 5 rings (SSSR count). The van der Waals surface area contributed by atoms with E-state index in [2.05, 4.69) is 51.7 Å². The zero-order chi connectivity index (χ0) is 27.9. The molecule has 3 aromatic heterocycles. The summed E-state index contributed by atoms with van der Waals surface area (Å²) < 4.78 is 1.67. The van der Waals surface area contributed by atoms with Crippen LogP contribution in [0.2, 0.25) is 0 Å². The van der Waals surface area contributed by atoms with Crippen LogP contribution in [-0.4, -0.2) is 69.2 Å².